The van der Waals surface area contributed by atoms with Crippen molar-refractivity contribution in [2.75, 3.05) is 20.1 Å². The van der Waals surface area contributed by atoms with Crippen molar-refractivity contribution in [3.05, 3.63) is 71.3 Å². The third-order valence-electron chi connectivity index (χ3n) is 7.22. The first-order valence-electron chi connectivity index (χ1n) is 12.7. The van der Waals surface area contributed by atoms with Gasteiger partial charge in [0, 0.05) is 33.0 Å². The maximum absolute atomic E-state index is 13.9. The van der Waals surface area contributed by atoms with Crippen LogP contribution in [0, 0.1) is 17.0 Å². The molecule has 2 aromatic rings. The second kappa shape index (κ2) is 10.8. The Bertz CT molecular complexity index is 1300. The van der Waals surface area contributed by atoms with Gasteiger partial charge in [0.25, 0.3) is 5.91 Å². The molecule has 9 nitrogen and oxygen atoms in total. The Balaban J connectivity index is 1.63. The van der Waals surface area contributed by atoms with Crippen molar-refractivity contribution in [1.29, 1.82) is 0 Å². The smallest absolute Gasteiger partial charge is 0.256 e. The minimum Gasteiger partial charge on any atom is -0.390 e. The zero-order chi connectivity index (χ0) is 28.5. The Morgan fingerprint density at radius 3 is 2.49 bits per heavy atom. The predicted octanol–water partition coefficient (Wildman–Crippen LogP) is 1.38. The molecule has 4 rings (SSSR count). The lowest BCUT2D eigenvalue weighted by Crippen LogP contribution is -2.63. The summed E-state index contributed by atoms with van der Waals surface area (Å²) in [4.78, 5) is 41.6. The van der Waals surface area contributed by atoms with Gasteiger partial charge in [0.05, 0.1) is 17.4 Å². The second-order valence-electron chi connectivity index (χ2n) is 10.8. The van der Waals surface area contributed by atoms with E-state index in [4.69, 9.17) is 5.73 Å². The Morgan fingerprint density at radius 2 is 1.85 bits per heavy atom. The van der Waals surface area contributed by atoms with Gasteiger partial charge in [-0.2, -0.15) is 5.10 Å². The molecule has 2 aliphatic heterocycles. The zero-order valence-corrected chi connectivity index (χ0v) is 22.2. The molecule has 0 saturated carbocycles. The molecular weight excluding hydrogens is 508 g/mol. The number of piperidine rings is 1. The normalized spacial score (nSPS) is 20.8. The molecule has 2 heterocycles. The van der Waals surface area contributed by atoms with Crippen molar-refractivity contribution in [2.24, 2.45) is 16.3 Å². The molecule has 11 heteroatoms. The van der Waals surface area contributed by atoms with E-state index in [-0.39, 0.29) is 31.0 Å². The van der Waals surface area contributed by atoms with Crippen LogP contribution in [0.4, 0.5) is 8.78 Å². The standard InChI is InChI=1S/C28H33F2N5O4/c1-27(2,31)25(38)32-23(21(36)14-18-9-10-19(29)20(30)13-18)24(37)35-12-11-22-28(16-35,26(39)34(3)33-22)15-17-7-5-4-6-8-17/h4-10,13,21,23,36H,11-12,14-16,31H2,1-3H3,(H,32,38)/t21?,23-,28+/m1/s1. The molecule has 1 unspecified atom stereocenters. The monoisotopic (exact) mass is 541 g/mol. The molecule has 0 aromatic heterocycles. The molecule has 1 saturated heterocycles. The van der Waals surface area contributed by atoms with Gasteiger partial charge in [-0.25, -0.2) is 13.8 Å². The molecule has 2 aliphatic rings. The first kappa shape index (κ1) is 28.3. The maximum atomic E-state index is 13.9. The maximum Gasteiger partial charge on any atom is 0.256 e. The lowest BCUT2D eigenvalue weighted by molar-refractivity contribution is -0.144. The van der Waals surface area contributed by atoms with Crippen LogP contribution >= 0.6 is 0 Å². The van der Waals surface area contributed by atoms with Crippen molar-refractivity contribution in [1.82, 2.24) is 15.2 Å². The molecule has 3 amide bonds. The lowest BCUT2D eigenvalue weighted by atomic mass is 9.73. The molecule has 3 atom stereocenters. The molecule has 0 spiro atoms. The highest BCUT2D eigenvalue weighted by Crippen LogP contribution is 2.38. The third kappa shape index (κ3) is 5.84. The van der Waals surface area contributed by atoms with Crippen LogP contribution in [0.5, 0.6) is 0 Å². The molecule has 4 N–H and O–H groups in total. The molecule has 208 valence electrons. The van der Waals surface area contributed by atoms with E-state index in [0.717, 1.165) is 17.7 Å². The van der Waals surface area contributed by atoms with Crippen molar-refractivity contribution < 1.29 is 28.3 Å². The SMILES string of the molecule is CN1N=C2CCN(C(=O)[C@H](NC(=O)C(C)(C)N)C(O)Cc3ccc(F)c(F)c3)C[C@]2(Cc2ccccc2)C1=O. The Labute approximate surface area is 225 Å². The van der Waals surface area contributed by atoms with Gasteiger partial charge in [0.15, 0.2) is 11.6 Å². The van der Waals surface area contributed by atoms with Crippen LogP contribution in [0.2, 0.25) is 0 Å². The molecule has 0 radical (unpaired) electrons. The number of fused-ring (bicyclic) bond motifs is 1. The average molecular weight is 542 g/mol. The van der Waals surface area contributed by atoms with E-state index in [1.165, 1.54) is 29.8 Å². The first-order chi connectivity index (χ1) is 18.3. The van der Waals surface area contributed by atoms with Crippen molar-refractivity contribution >= 4 is 23.4 Å². The molecule has 39 heavy (non-hydrogen) atoms. The zero-order valence-electron chi connectivity index (χ0n) is 22.2. The number of rotatable bonds is 8. The van der Waals surface area contributed by atoms with E-state index in [2.05, 4.69) is 10.4 Å². The van der Waals surface area contributed by atoms with E-state index >= 15 is 0 Å². The third-order valence-corrected chi connectivity index (χ3v) is 7.22. The number of hydrogen-bond acceptors (Lipinski definition) is 6. The summed E-state index contributed by atoms with van der Waals surface area (Å²) in [5.41, 5.74) is 5.29. The number of aliphatic hydroxyl groups is 1. The molecule has 1 fully saturated rings. The molecule has 2 aromatic carbocycles. The van der Waals surface area contributed by atoms with Gasteiger partial charge in [0.1, 0.15) is 11.5 Å². The number of likely N-dealkylation sites (tertiary alicyclic amines) is 1. The Hall–Kier alpha value is -3.70. The minimum absolute atomic E-state index is 0.000973. The largest absolute Gasteiger partial charge is 0.390 e. The van der Waals surface area contributed by atoms with Crippen LogP contribution in [-0.4, -0.2) is 76.3 Å². The fourth-order valence-electron chi connectivity index (χ4n) is 5.09. The second-order valence-corrected chi connectivity index (χ2v) is 10.8. The highest BCUT2D eigenvalue weighted by atomic mass is 19.2. The van der Waals surface area contributed by atoms with E-state index in [0.29, 0.717) is 18.6 Å². The summed E-state index contributed by atoms with van der Waals surface area (Å²) in [6.45, 7) is 3.12. The van der Waals surface area contributed by atoms with E-state index in [9.17, 15) is 28.3 Å². The quantitative estimate of drug-likeness (QED) is 0.465. The highest BCUT2D eigenvalue weighted by Gasteiger charge is 2.54. The topological polar surface area (TPSA) is 128 Å². The summed E-state index contributed by atoms with van der Waals surface area (Å²) < 4.78 is 27.2. The van der Waals surface area contributed by atoms with Crippen LogP contribution in [-0.2, 0) is 27.2 Å². The van der Waals surface area contributed by atoms with Gasteiger partial charge < -0.3 is 21.1 Å². The van der Waals surface area contributed by atoms with Crippen molar-refractivity contribution in [3.63, 3.8) is 0 Å². The summed E-state index contributed by atoms with van der Waals surface area (Å²) >= 11 is 0. The van der Waals surface area contributed by atoms with Gasteiger partial charge >= 0.3 is 0 Å². The van der Waals surface area contributed by atoms with E-state index in [1.807, 2.05) is 30.3 Å². The van der Waals surface area contributed by atoms with Crippen molar-refractivity contribution in [2.45, 2.75) is 50.8 Å². The summed E-state index contributed by atoms with van der Waals surface area (Å²) in [5, 5.41) is 19.4. The minimum atomic E-state index is -1.49. The number of amides is 3. The fourth-order valence-corrected chi connectivity index (χ4v) is 5.09. The van der Waals surface area contributed by atoms with Crippen LogP contribution in [0.15, 0.2) is 53.6 Å². The Kier molecular flexibility index (Phi) is 7.85. The average Bonchev–Trinajstić information content (AvgIpc) is 3.13. The van der Waals surface area contributed by atoms with Crippen LogP contribution in [0.25, 0.3) is 0 Å². The van der Waals surface area contributed by atoms with E-state index < -0.39 is 46.5 Å². The lowest BCUT2D eigenvalue weighted by Gasteiger charge is -2.41. The molecule has 0 aliphatic carbocycles. The van der Waals surface area contributed by atoms with Crippen LogP contribution < -0.4 is 11.1 Å². The summed E-state index contributed by atoms with van der Waals surface area (Å²) in [5.74, 6) is -3.68. The fraction of sp³-hybridized carbons (Fsp3) is 0.429. The molecule has 0 bridgehead atoms. The highest BCUT2D eigenvalue weighted by molar-refractivity contribution is 6.13. The van der Waals surface area contributed by atoms with Crippen molar-refractivity contribution in [3.8, 4) is 0 Å². The number of halogens is 2. The van der Waals surface area contributed by atoms with Gasteiger partial charge in [-0.1, -0.05) is 36.4 Å². The summed E-state index contributed by atoms with van der Waals surface area (Å²) in [7, 11) is 1.57. The number of carbonyl (C=O) groups is 3. The van der Waals surface area contributed by atoms with Gasteiger partial charge in [-0.3, -0.25) is 14.4 Å². The number of hydrogen-bond donors (Lipinski definition) is 3. The number of nitrogens with zero attached hydrogens (tertiary/aromatic N) is 3. The van der Waals surface area contributed by atoms with Gasteiger partial charge in [0.2, 0.25) is 11.8 Å². The van der Waals surface area contributed by atoms with Crippen LogP contribution in [0.3, 0.4) is 0 Å². The summed E-state index contributed by atoms with van der Waals surface area (Å²) in [6.07, 6.45) is -1.08. The first-order valence-corrected chi connectivity index (χ1v) is 12.7. The van der Waals surface area contributed by atoms with Gasteiger partial charge in [-0.05, 0) is 43.5 Å². The number of nitrogens with one attached hydrogen (secondary N) is 1. The molecular formula is C28H33F2N5O4. The predicted molar refractivity (Wildman–Crippen MR) is 140 cm³/mol. The Morgan fingerprint density at radius 1 is 1.15 bits per heavy atom. The number of benzene rings is 2. The number of nitrogens with two attached hydrogens (primary N) is 1. The summed E-state index contributed by atoms with van der Waals surface area (Å²) in [6, 6.07) is 11.1. The van der Waals surface area contributed by atoms with Gasteiger partial charge in [-0.15, -0.1) is 0 Å². The number of hydrazone groups is 1. The van der Waals surface area contributed by atoms with E-state index in [1.54, 1.807) is 7.05 Å². The number of carbonyl (C=O) groups excluding carboxylic acids is 3. The number of aliphatic hydroxyl groups excluding tert-OH is 1. The van der Waals surface area contributed by atoms with Crippen LogP contribution in [0.1, 0.15) is 31.4 Å².